The van der Waals surface area contributed by atoms with Crippen molar-refractivity contribution in [3.63, 3.8) is 0 Å². The molecule has 0 saturated heterocycles. The smallest absolute Gasteiger partial charge is 0.230 e. The number of benzene rings is 1. The molecule has 0 spiro atoms. The van der Waals surface area contributed by atoms with Crippen molar-refractivity contribution in [1.29, 1.82) is 0 Å². The standard InChI is InChI=1S/C18H23NO/c1-3-17-15(2)10-6-5-9-13-19(18(17)20)14-16-11-7-4-8-12-16/h3-4,6-8,10-12,15,17H,1,5,9,13-14H2,2H3/b10-6+/t15-,17+/m0/s1. The zero-order valence-electron chi connectivity index (χ0n) is 12.2. The molecular weight excluding hydrogens is 246 g/mol. The van der Waals surface area contributed by atoms with Gasteiger partial charge in [0, 0.05) is 13.1 Å². The lowest BCUT2D eigenvalue weighted by Gasteiger charge is -2.27. The first kappa shape index (κ1) is 14.6. The van der Waals surface area contributed by atoms with Crippen molar-refractivity contribution in [3.8, 4) is 0 Å². The first-order chi connectivity index (χ1) is 9.72. The molecule has 1 aliphatic heterocycles. The molecule has 2 atom stereocenters. The topological polar surface area (TPSA) is 20.3 Å². The molecule has 0 fully saturated rings. The molecule has 1 aliphatic rings. The van der Waals surface area contributed by atoms with Crippen molar-refractivity contribution in [2.75, 3.05) is 6.54 Å². The summed E-state index contributed by atoms with van der Waals surface area (Å²) in [6.07, 6.45) is 8.19. The van der Waals surface area contributed by atoms with Gasteiger partial charge in [-0.3, -0.25) is 4.79 Å². The molecule has 2 nitrogen and oxygen atoms in total. The summed E-state index contributed by atoms with van der Waals surface area (Å²) in [5.74, 6) is 0.298. The maximum Gasteiger partial charge on any atom is 0.230 e. The first-order valence-electron chi connectivity index (χ1n) is 7.34. The Morgan fingerprint density at radius 3 is 2.80 bits per heavy atom. The van der Waals surface area contributed by atoms with E-state index in [1.54, 1.807) is 6.08 Å². The van der Waals surface area contributed by atoms with Gasteiger partial charge in [-0.2, -0.15) is 0 Å². The number of rotatable bonds is 3. The number of nitrogens with zero attached hydrogens (tertiary/aromatic N) is 1. The van der Waals surface area contributed by atoms with Gasteiger partial charge < -0.3 is 4.90 Å². The monoisotopic (exact) mass is 269 g/mol. The minimum absolute atomic E-state index is 0.118. The quantitative estimate of drug-likeness (QED) is 0.764. The molecule has 0 bridgehead atoms. The molecule has 1 heterocycles. The van der Waals surface area contributed by atoms with Crippen LogP contribution in [0.15, 0.2) is 55.1 Å². The Bertz CT molecular complexity index is 477. The van der Waals surface area contributed by atoms with Crippen LogP contribution in [-0.2, 0) is 11.3 Å². The SMILES string of the molecule is C=C[C@H]1C(=O)N(Cc2ccccc2)CCC/C=C/[C@@H]1C. The predicted octanol–water partition coefficient (Wildman–Crippen LogP) is 3.80. The Labute approximate surface area is 121 Å². The highest BCUT2D eigenvalue weighted by atomic mass is 16.2. The van der Waals surface area contributed by atoms with E-state index in [1.165, 1.54) is 5.56 Å². The lowest BCUT2D eigenvalue weighted by molar-refractivity contribution is -0.135. The van der Waals surface area contributed by atoms with Gasteiger partial charge in [-0.15, -0.1) is 6.58 Å². The summed E-state index contributed by atoms with van der Waals surface area (Å²) in [5, 5.41) is 0. The lowest BCUT2D eigenvalue weighted by atomic mass is 9.92. The van der Waals surface area contributed by atoms with Crippen LogP contribution in [0.25, 0.3) is 0 Å². The van der Waals surface area contributed by atoms with Crippen molar-refractivity contribution in [3.05, 3.63) is 60.7 Å². The molecule has 0 N–H and O–H groups in total. The van der Waals surface area contributed by atoms with Gasteiger partial charge in [-0.05, 0) is 24.3 Å². The van der Waals surface area contributed by atoms with Crippen LogP contribution in [0.4, 0.5) is 0 Å². The van der Waals surface area contributed by atoms with Crippen LogP contribution >= 0.6 is 0 Å². The number of allylic oxidation sites excluding steroid dienone is 2. The zero-order valence-corrected chi connectivity index (χ0v) is 12.2. The second kappa shape index (κ2) is 7.09. The molecule has 0 radical (unpaired) electrons. The molecule has 1 aromatic rings. The molecule has 0 saturated carbocycles. The third-order valence-corrected chi connectivity index (χ3v) is 3.87. The molecule has 1 amide bonds. The Hall–Kier alpha value is -1.83. The molecule has 2 heteroatoms. The zero-order chi connectivity index (χ0) is 14.4. The van der Waals surface area contributed by atoms with Crippen molar-refractivity contribution >= 4 is 5.91 Å². The molecular formula is C18H23NO. The van der Waals surface area contributed by atoms with Gasteiger partial charge in [0.05, 0.1) is 5.92 Å². The third-order valence-electron chi connectivity index (χ3n) is 3.87. The fourth-order valence-electron chi connectivity index (χ4n) is 2.65. The minimum Gasteiger partial charge on any atom is -0.338 e. The number of hydrogen-bond donors (Lipinski definition) is 0. The summed E-state index contributed by atoms with van der Waals surface area (Å²) in [6.45, 7) is 7.44. The summed E-state index contributed by atoms with van der Waals surface area (Å²) < 4.78 is 0. The largest absolute Gasteiger partial charge is 0.338 e. The number of carbonyl (C=O) groups is 1. The molecule has 1 aromatic carbocycles. The Morgan fingerprint density at radius 1 is 1.35 bits per heavy atom. The molecule has 2 rings (SSSR count). The summed E-state index contributed by atoms with van der Waals surface area (Å²) in [5.41, 5.74) is 1.18. The second-order valence-corrected chi connectivity index (χ2v) is 5.44. The lowest BCUT2D eigenvalue weighted by Crippen LogP contribution is -2.37. The van der Waals surface area contributed by atoms with E-state index in [0.29, 0.717) is 6.54 Å². The van der Waals surface area contributed by atoms with Crippen LogP contribution in [0.1, 0.15) is 25.3 Å². The average molecular weight is 269 g/mol. The van der Waals surface area contributed by atoms with Crippen molar-refractivity contribution < 1.29 is 4.79 Å². The van der Waals surface area contributed by atoms with Crippen LogP contribution in [0.5, 0.6) is 0 Å². The Morgan fingerprint density at radius 2 is 2.10 bits per heavy atom. The Balaban J connectivity index is 2.17. The van der Waals surface area contributed by atoms with Crippen LogP contribution in [0.3, 0.4) is 0 Å². The van der Waals surface area contributed by atoms with E-state index >= 15 is 0 Å². The third kappa shape index (κ3) is 3.60. The summed E-state index contributed by atoms with van der Waals surface area (Å²) in [7, 11) is 0. The fourth-order valence-corrected chi connectivity index (χ4v) is 2.65. The highest BCUT2D eigenvalue weighted by Crippen LogP contribution is 2.21. The van der Waals surface area contributed by atoms with E-state index in [1.807, 2.05) is 23.1 Å². The normalized spacial score (nSPS) is 25.4. The van der Waals surface area contributed by atoms with E-state index in [9.17, 15) is 4.79 Å². The summed E-state index contributed by atoms with van der Waals surface area (Å²) >= 11 is 0. The van der Waals surface area contributed by atoms with Gasteiger partial charge in [-0.1, -0.05) is 55.5 Å². The van der Waals surface area contributed by atoms with Crippen LogP contribution in [-0.4, -0.2) is 17.4 Å². The van der Waals surface area contributed by atoms with Gasteiger partial charge in [0.1, 0.15) is 0 Å². The van der Waals surface area contributed by atoms with Crippen molar-refractivity contribution in [2.45, 2.75) is 26.3 Å². The van der Waals surface area contributed by atoms with E-state index in [2.05, 4.69) is 37.8 Å². The molecule has 106 valence electrons. The van der Waals surface area contributed by atoms with Gasteiger partial charge in [0.15, 0.2) is 0 Å². The summed E-state index contributed by atoms with van der Waals surface area (Å²) in [4.78, 5) is 14.7. The van der Waals surface area contributed by atoms with E-state index in [-0.39, 0.29) is 17.7 Å². The molecule has 0 unspecified atom stereocenters. The highest BCUT2D eigenvalue weighted by molar-refractivity contribution is 5.81. The minimum atomic E-state index is -0.118. The summed E-state index contributed by atoms with van der Waals surface area (Å²) in [6, 6.07) is 10.2. The number of hydrogen-bond acceptors (Lipinski definition) is 1. The number of carbonyl (C=O) groups excluding carboxylic acids is 1. The Kier molecular flexibility index (Phi) is 5.16. The van der Waals surface area contributed by atoms with E-state index in [0.717, 1.165) is 19.4 Å². The van der Waals surface area contributed by atoms with Gasteiger partial charge >= 0.3 is 0 Å². The first-order valence-corrected chi connectivity index (χ1v) is 7.34. The molecule has 0 aromatic heterocycles. The van der Waals surface area contributed by atoms with Crippen LogP contribution in [0, 0.1) is 11.8 Å². The van der Waals surface area contributed by atoms with Crippen LogP contribution in [0.2, 0.25) is 0 Å². The highest BCUT2D eigenvalue weighted by Gasteiger charge is 2.26. The van der Waals surface area contributed by atoms with Crippen molar-refractivity contribution in [1.82, 2.24) is 4.90 Å². The maximum atomic E-state index is 12.7. The van der Waals surface area contributed by atoms with Gasteiger partial charge in [0.25, 0.3) is 0 Å². The maximum absolute atomic E-state index is 12.7. The second-order valence-electron chi connectivity index (χ2n) is 5.44. The molecule has 20 heavy (non-hydrogen) atoms. The van der Waals surface area contributed by atoms with E-state index < -0.39 is 0 Å². The predicted molar refractivity (Wildman–Crippen MR) is 83.1 cm³/mol. The van der Waals surface area contributed by atoms with Gasteiger partial charge in [-0.25, -0.2) is 0 Å². The van der Waals surface area contributed by atoms with Crippen LogP contribution < -0.4 is 0 Å². The van der Waals surface area contributed by atoms with Crippen molar-refractivity contribution in [2.24, 2.45) is 11.8 Å². The van der Waals surface area contributed by atoms with Gasteiger partial charge in [0.2, 0.25) is 5.91 Å². The fraction of sp³-hybridized carbons (Fsp3) is 0.389. The van der Waals surface area contributed by atoms with E-state index in [4.69, 9.17) is 0 Å². The molecule has 0 aliphatic carbocycles. The average Bonchev–Trinajstić information content (AvgIpc) is 2.52. The number of amides is 1.